The number of aliphatic hydroxyl groups excluding tert-OH is 1. The van der Waals surface area contributed by atoms with E-state index in [4.69, 9.17) is 10.8 Å². The topological polar surface area (TPSA) is 46.2 Å². The van der Waals surface area contributed by atoms with Gasteiger partial charge in [0.1, 0.15) is 0 Å². The largest absolute Gasteiger partial charge is 0.394 e. The molecule has 0 spiro atoms. The minimum atomic E-state index is -2.47. The summed E-state index contributed by atoms with van der Waals surface area (Å²) in [7, 11) is 0. The summed E-state index contributed by atoms with van der Waals surface area (Å²) in [5.74, 6) is 0. The Hall–Kier alpha value is -1.00. The molecule has 14 heavy (non-hydrogen) atoms. The Labute approximate surface area is 81.4 Å². The zero-order valence-electron chi connectivity index (χ0n) is 7.87. The van der Waals surface area contributed by atoms with Crippen LogP contribution in [0.5, 0.6) is 0 Å². The number of rotatable bonds is 3. The molecule has 0 amide bonds. The predicted molar refractivity (Wildman–Crippen MR) is 50.0 cm³/mol. The number of halogens is 2. The van der Waals surface area contributed by atoms with Crippen LogP contribution in [0, 0.1) is 0 Å². The molecule has 4 heteroatoms. The van der Waals surface area contributed by atoms with Crippen molar-refractivity contribution in [3.8, 4) is 0 Å². The first-order valence-corrected chi connectivity index (χ1v) is 4.25. The second-order valence-electron chi connectivity index (χ2n) is 3.50. The van der Waals surface area contributed by atoms with E-state index >= 15 is 0 Å². The van der Waals surface area contributed by atoms with Crippen molar-refractivity contribution < 1.29 is 13.9 Å². The number of nitrogens with two attached hydrogens (primary N) is 1. The maximum atomic E-state index is 12.2. The van der Waals surface area contributed by atoms with Crippen LogP contribution in [-0.4, -0.2) is 11.7 Å². The average Bonchev–Trinajstić information content (AvgIpc) is 2.18. The van der Waals surface area contributed by atoms with Crippen LogP contribution in [0.4, 0.5) is 8.78 Å². The lowest BCUT2D eigenvalue weighted by Crippen LogP contribution is -2.36. The molecule has 1 aromatic carbocycles. The summed E-state index contributed by atoms with van der Waals surface area (Å²) >= 11 is 0. The zero-order valence-corrected chi connectivity index (χ0v) is 7.87. The van der Waals surface area contributed by atoms with Gasteiger partial charge in [-0.25, -0.2) is 8.78 Å². The summed E-state index contributed by atoms with van der Waals surface area (Å²) in [4.78, 5) is 0. The van der Waals surface area contributed by atoms with Crippen molar-refractivity contribution in [3.63, 3.8) is 0 Å². The highest BCUT2D eigenvalue weighted by molar-refractivity contribution is 5.28. The van der Waals surface area contributed by atoms with E-state index in [2.05, 4.69) is 0 Å². The quantitative estimate of drug-likeness (QED) is 0.783. The summed E-state index contributed by atoms with van der Waals surface area (Å²) < 4.78 is 24.4. The van der Waals surface area contributed by atoms with Gasteiger partial charge in [0, 0.05) is 5.56 Å². The summed E-state index contributed by atoms with van der Waals surface area (Å²) in [5, 5.41) is 8.95. The van der Waals surface area contributed by atoms with Gasteiger partial charge in [-0.2, -0.15) is 0 Å². The molecule has 3 N–H and O–H groups in total. The van der Waals surface area contributed by atoms with Crippen LogP contribution in [0.15, 0.2) is 24.3 Å². The molecule has 0 saturated carbocycles. The van der Waals surface area contributed by atoms with Crippen molar-refractivity contribution in [3.05, 3.63) is 35.4 Å². The molecule has 0 saturated heterocycles. The average molecular weight is 201 g/mol. The van der Waals surface area contributed by atoms with Gasteiger partial charge in [-0.05, 0) is 12.5 Å². The van der Waals surface area contributed by atoms with Crippen molar-refractivity contribution >= 4 is 0 Å². The van der Waals surface area contributed by atoms with Crippen LogP contribution in [0.25, 0.3) is 0 Å². The van der Waals surface area contributed by atoms with Gasteiger partial charge in [0.25, 0.3) is 6.43 Å². The van der Waals surface area contributed by atoms with Crippen LogP contribution in [0.1, 0.15) is 24.5 Å². The van der Waals surface area contributed by atoms with Gasteiger partial charge in [-0.15, -0.1) is 0 Å². The van der Waals surface area contributed by atoms with E-state index in [-0.39, 0.29) is 12.2 Å². The first-order valence-electron chi connectivity index (χ1n) is 4.25. The van der Waals surface area contributed by atoms with Crippen LogP contribution in [-0.2, 0) is 5.54 Å². The first kappa shape index (κ1) is 11.1. The lowest BCUT2D eigenvalue weighted by molar-refractivity contribution is 0.151. The third-order valence-electron chi connectivity index (χ3n) is 2.15. The monoisotopic (exact) mass is 201 g/mol. The van der Waals surface area contributed by atoms with Crippen molar-refractivity contribution in [2.75, 3.05) is 6.61 Å². The molecule has 0 fully saturated rings. The Bertz CT molecular complexity index is 295. The molecule has 0 bridgehead atoms. The zero-order chi connectivity index (χ0) is 10.8. The lowest BCUT2D eigenvalue weighted by atomic mass is 9.93. The van der Waals surface area contributed by atoms with E-state index in [1.807, 2.05) is 0 Å². The molecule has 0 heterocycles. The van der Waals surface area contributed by atoms with E-state index in [9.17, 15) is 8.78 Å². The molecular formula is C10H13F2NO. The van der Waals surface area contributed by atoms with Crippen LogP contribution in [0.2, 0.25) is 0 Å². The first-order chi connectivity index (χ1) is 6.47. The molecular weight excluding hydrogens is 188 g/mol. The lowest BCUT2D eigenvalue weighted by Gasteiger charge is -2.22. The van der Waals surface area contributed by atoms with Crippen molar-refractivity contribution in [2.24, 2.45) is 5.73 Å². The predicted octanol–water partition coefficient (Wildman–Crippen LogP) is 1.79. The summed E-state index contributed by atoms with van der Waals surface area (Å²) in [6.07, 6.45) is -2.47. The molecule has 0 aliphatic carbocycles. The summed E-state index contributed by atoms with van der Waals surface area (Å²) in [6, 6.07) is 5.66. The third-order valence-corrected chi connectivity index (χ3v) is 2.15. The second kappa shape index (κ2) is 4.02. The number of alkyl halides is 2. The standard InChI is InChI=1S/C10H13F2NO/c1-10(13,6-14)8-4-2-7(3-5-8)9(11)12/h2-5,9,14H,6,13H2,1H3. The maximum absolute atomic E-state index is 12.2. The van der Waals surface area contributed by atoms with Crippen LogP contribution in [0.3, 0.4) is 0 Å². The van der Waals surface area contributed by atoms with Crippen molar-refractivity contribution in [1.82, 2.24) is 0 Å². The smallest absolute Gasteiger partial charge is 0.263 e. The highest BCUT2D eigenvalue weighted by Gasteiger charge is 2.20. The van der Waals surface area contributed by atoms with E-state index in [1.165, 1.54) is 24.3 Å². The Morgan fingerprint density at radius 3 is 2.21 bits per heavy atom. The minimum absolute atomic E-state index is 0.0394. The molecule has 0 radical (unpaired) electrons. The highest BCUT2D eigenvalue weighted by Crippen LogP contribution is 2.22. The fourth-order valence-corrected chi connectivity index (χ4v) is 1.10. The SMILES string of the molecule is CC(N)(CO)c1ccc(C(F)F)cc1. The van der Waals surface area contributed by atoms with Gasteiger partial charge < -0.3 is 10.8 Å². The number of benzene rings is 1. The third kappa shape index (κ3) is 2.27. The normalized spacial score (nSPS) is 15.6. The number of hydrogen-bond acceptors (Lipinski definition) is 2. The minimum Gasteiger partial charge on any atom is -0.394 e. The van der Waals surface area contributed by atoms with Gasteiger partial charge in [-0.1, -0.05) is 24.3 Å². The molecule has 0 aliphatic rings. The molecule has 1 aromatic rings. The van der Waals surface area contributed by atoms with Crippen LogP contribution >= 0.6 is 0 Å². The Balaban J connectivity index is 2.94. The highest BCUT2D eigenvalue weighted by atomic mass is 19.3. The molecule has 0 aromatic heterocycles. The van der Waals surface area contributed by atoms with Gasteiger partial charge in [0.2, 0.25) is 0 Å². The van der Waals surface area contributed by atoms with E-state index in [0.29, 0.717) is 5.56 Å². The molecule has 0 aliphatic heterocycles. The maximum Gasteiger partial charge on any atom is 0.263 e. The molecule has 1 atom stereocenters. The van der Waals surface area contributed by atoms with E-state index in [1.54, 1.807) is 6.92 Å². The van der Waals surface area contributed by atoms with E-state index < -0.39 is 12.0 Å². The van der Waals surface area contributed by atoms with Crippen molar-refractivity contribution in [2.45, 2.75) is 18.9 Å². The van der Waals surface area contributed by atoms with Gasteiger partial charge in [0.15, 0.2) is 0 Å². The molecule has 78 valence electrons. The Morgan fingerprint density at radius 1 is 1.36 bits per heavy atom. The van der Waals surface area contributed by atoms with Gasteiger partial charge in [-0.3, -0.25) is 0 Å². The number of hydrogen-bond donors (Lipinski definition) is 2. The molecule has 1 rings (SSSR count). The Morgan fingerprint density at radius 2 is 1.86 bits per heavy atom. The van der Waals surface area contributed by atoms with E-state index in [0.717, 1.165) is 0 Å². The fraction of sp³-hybridized carbons (Fsp3) is 0.400. The fourth-order valence-electron chi connectivity index (χ4n) is 1.10. The summed E-state index contributed by atoms with van der Waals surface area (Å²) in [5.41, 5.74) is 5.46. The summed E-state index contributed by atoms with van der Waals surface area (Å²) in [6.45, 7) is 1.42. The van der Waals surface area contributed by atoms with Crippen LogP contribution < -0.4 is 5.73 Å². The second-order valence-corrected chi connectivity index (χ2v) is 3.50. The van der Waals surface area contributed by atoms with Crippen molar-refractivity contribution in [1.29, 1.82) is 0 Å². The number of aliphatic hydroxyl groups is 1. The molecule has 2 nitrogen and oxygen atoms in total. The molecule has 1 unspecified atom stereocenters. The Kier molecular flexibility index (Phi) is 3.18. The van der Waals surface area contributed by atoms with Gasteiger partial charge >= 0.3 is 0 Å². The van der Waals surface area contributed by atoms with Gasteiger partial charge in [0.05, 0.1) is 12.1 Å².